The van der Waals surface area contributed by atoms with Crippen molar-refractivity contribution in [2.24, 2.45) is 17.3 Å². The summed E-state index contributed by atoms with van der Waals surface area (Å²) in [4.78, 5) is 23.4. The number of rotatable bonds is 15. The van der Waals surface area contributed by atoms with E-state index in [9.17, 15) is 24.9 Å². The Hall–Kier alpha value is -1.40. The molecule has 32 heavy (non-hydrogen) atoms. The highest BCUT2D eigenvalue weighted by Gasteiger charge is 2.45. The van der Waals surface area contributed by atoms with Crippen LogP contribution in [0.5, 0.6) is 0 Å². The Morgan fingerprint density at radius 2 is 1.81 bits per heavy atom. The average Bonchev–Trinajstić information content (AvgIpc) is 2.99. The minimum absolute atomic E-state index is 0.0381. The van der Waals surface area contributed by atoms with Crippen molar-refractivity contribution >= 4 is 11.8 Å². The summed E-state index contributed by atoms with van der Waals surface area (Å²) in [6.07, 6.45) is 12.0. The number of ketones is 1. The summed E-state index contributed by atoms with van der Waals surface area (Å²) in [5, 5.41) is 40.2. The average molecular weight is 453 g/mol. The highest BCUT2D eigenvalue weighted by atomic mass is 16.4. The lowest BCUT2D eigenvalue weighted by molar-refractivity contribution is -0.132. The first kappa shape index (κ1) is 26.8. The number of carboxylic acid groups (broad SMARTS) is 1. The maximum absolute atomic E-state index is 12.5. The van der Waals surface area contributed by atoms with Crippen LogP contribution in [0, 0.1) is 17.3 Å². The van der Waals surface area contributed by atoms with Crippen molar-refractivity contribution in [3.8, 4) is 0 Å². The molecule has 2 aliphatic carbocycles. The topological polar surface area (TPSA) is 115 Å². The van der Waals surface area contributed by atoms with Gasteiger partial charge in [0.15, 0.2) is 0 Å². The van der Waals surface area contributed by atoms with Crippen LogP contribution in [0.25, 0.3) is 0 Å². The van der Waals surface area contributed by atoms with Crippen molar-refractivity contribution in [2.45, 2.75) is 122 Å². The molecule has 0 spiro atoms. The molecule has 0 radical (unpaired) electrons. The molecule has 2 saturated carbocycles. The van der Waals surface area contributed by atoms with Gasteiger partial charge in [-0.1, -0.05) is 45.4 Å². The summed E-state index contributed by atoms with van der Waals surface area (Å²) in [5.74, 6) is -1.45. The van der Waals surface area contributed by atoms with Gasteiger partial charge in [0, 0.05) is 18.8 Å². The van der Waals surface area contributed by atoms with Gasteiger partial charge in [0.2, 0.25) is 0 Å². The number of hydrogen-bond acceptors (Lipinski definition) is 5. The summed E-state index contributed by atoms with van der Waals surface area (Å²) in [6.45, 7) is 3.59. The number of carbonyl (C=O) groups is 2. The van der Waals surface area contributed by atoms with Crippen LogP contribution < -0.4 is 0 Å². The van der Waals surface area contributed by atoms with Crippen molar-refractivity contribution in [3.05, 3.63) is 11.3 Å². The number of carboxylic acids is 1. The van der Waals surface area contributed by atoms with Gasteiger partial charge in [0.1, 0.15) is 11.5 Å². The molecule has 0 heterocycles. The van der Waals surface area contributed by atoms with Gasteiger partial charge in [-0.25, -0.2) is 4.79 Å². The summed E-state index contributed by atoms with van der Waals surface area (Å²) < 4.78 is 0. The van der Waals surface area contributed by atoms with Crippen LogP contribution >= 0.6 is 0 Å². The van der Waals surface area contributed by atoms with E-state index >= 15 is 0 Å². The van der Waals surface area contributed by atoms with Gasteiger partial charge in [-0.05, 0) is 63.2 Å². The predicted molar refractivity (Wildman–Crippen MR) is 124 cm³/mol. The van der Waals surface area contributed by atoms with Gasteiger partial charge in [-0.3, -0.25) is 4.79 Å². The van der Waals surface area contributed by atoms with Crippen LogP contribution in [0.4, 0.5) is 0 Å². The van der Waals surface area contributed by atoms with E-state index in [0.29, 0.717) is 32.1 Å². The molecule has 0 aromatic carbocycles. The normalized spacial score (nSPS) is 26.5. The van der Waals surface area contributed by atoms with Crippen molar-refractivity contribution in [2.75, 3.05) is 0 Å². The molecule has 0 aromatic heterocycles. The maximum atomic E-state index is 12.5. The lowest BCUT2D eigenvalue weighted by atomic mass is 9.61. The van der Waals surface area contributed by atoms with Gasteiger partial charge in [0.05, 0.1) is 17.8 Å². The SMILES string of the molecule is CCCCCCC1(C(O)CC[C@H]2[C@H](O)CC(=O)[C@@H]2CCCCC(O)=C(C)C(=O)O)CCC1. The van der Waals surface area contributed by atoms with Crippen LogP contribution in [0.3, 0.4) is 0 Å². The first-order chi connectivity index (χ1) is 15.2. The van der Waals surface area contributed by atoms with Gasteiger partial charge >= 0.3 is 5.97 Å². The van der Waals surface area contributed by atoms with Crippen molar-refractivity contribution in [1.29, 1.82) is 0 Å². The third-order valence-corrected chi connectivity index (χ3v) is 8.13. The molecule has 4 N–H and O–H groups in total. The van der Waals surface area contributed by atoms with Crippen LogP contribution in [0.15, 0.2) is 11.3 Å². The number of allylic oxidation sites excluding steroid dienone is 1. The van der Waals surface area contributed by atoms with E-state index in [2.05, 4.69) is 6.92 Å². The first-order valence-corrected chi connectivity index (χ1v) is 12.7. The zero-order valence-electron chi connectivity index (χ0n) is 20.0. The molecular weight excluding hydrogens is 408 g/mol. The van der Waals surface area contributed by atoms with Crippen molar-refractivity contribution in [3.63, 3.8) is 0 Å². The third-order valence-electron chi connectivity index (χ3n) is 8.13. The molecule has 0 aromatic rings. The van der Waals surface area contributed by atoms with Crippen LogP contribution in [-0.2, 0) is 9.59 Å². The molecule has 0 bridgehead atoms. The van der Waals surface area contributed by atoms with Crippen LogP contribution in [-0.4, -0.2) is 44.4 Å². The quantitative estimate of drug-likeness (QED) is 0.152. The standard InChI is InChI=1S/C26H44O6/c1-3-4-5-8-14-26(15-9-16-26)24(30)13-12-20-19(22(28)17-23(20)29)10-6-7-11-21(27)18(2)25(31)32/h19-20,23-24,27,29-30H,3-17H2,1-2H3,(H,31,32)/t19-,20-,23-,24?/m1/s1. The van der Waals surface area contributed by atoms with Crippen molar-refractivity contribution < 1.29 is 30.0 Å². The molecule has 0 aliphatic heterocycles. The fourth-order valence-electron chi connectivity index (χ4n) is 5.69. The smallest absolute Gasteiger partial charge is 0.334 e. The molecule has 1 unspecified atom stereocenters. The van der Waals surface area contributed by atoms with E-state index in [1.165, 1.54) is 39.0 Å². The highest BCUT2D eigenvalue weighted by Crippen LogP contribution is 2.50. The van der Waals surface area contributed by atoms with E-state index < -0.39 is 12.1 Å². The zero-order chi connectivity index (χ0) is 23.7. The van der Waals surface area contributed by atoms with Gasteiger partial charge in [0.25, 0.3) is 0 Å². The molecule has 2 rings (SSSR count). The predicted octanol–water partition coefficient (Wildman–Crippen LogP) is 5.31. The summed E-state index contributed by atoms with van der Waals surface area (Å²) in [5.41, 5.74) is 0.00621. The molecule has 184 valence electrons. The second-order valence-electron chi connectivity index (χ2n) is 10.3. The number of Topliss-reactive ketones (excluding diaryl/α,β-unsaturated/α-hetero) is 1. The molecular formula is C26H44O6. The van der Waals surface area contributed by atoms with E-state index in [-0.39, 0.29) is 53.3 Å². The van der Waals surface area contributed by atoms with Gasteiger partial charge in [-0.2, -0.15) is 0 Å². The monoisotopic (exact) mass is 452 g/mol. The fourth-order valence-corrected chi connectivity index (χ4v) is 5.69. The van der Waals surface area contributed by atoms with Crippen molar-refractivity contribution in [1.82, 2.24) is 0 Å². The van der Waals surface area contributed by atoms with Gasteiger partial charge < -0.3 is 20.4 Å². The Morgan fingerprint density at radius 3 is 2.41 bits per heavy atom. The van der Waals surface area contributed by atoms with Crippen LogP contribution in [0.2, 0.25) is 0 Å². The highest BCUT2D eigenvalue weighted by molar-refractivity contribution is 5.86. The first-order valence-electron chi connectivity index (χ1n) is 12.7. The minimum Gasteiger partial charge on any atom is -0.512 e. The number of aliphatic carboxylic acids is 1. The third kappa shape index (κ3) is 7.05. The molecule has 6 heteroatoms. The van der Waals surface area contributed by atoms with Crippen LogP contribution in [0.1, 0.15) is 110 Å². The largest absolute Gasteiger partial charge is 0.512 e. The van der Waals surface area contributed by atoms with E-state index in [4.69, 9.17) is 5.11 Å². The summed E-state index contributed by atoms with van der Waals surface area (Å²) >= 11 is 0. The minimum atomic E-state index is -1.12. The van der Waals surface area contributed by atoms with E-state index in [1.54, 1.807) is 0 Å². The number of aliphatic hydroxyl groups is 3. The Bertz CT molecular complexity index is 651. The number of unbranched alkanes of at least 4 members (excludes halogenated alkanes) is 4. The maximum Gasteiger partial charge on any atom is 0.334 e. The summed E-state index contributed by atoms with van der Waals surface area (Å²) in [7, 11) is 0. The van der Waals surface area contributed by atoms with E-state index in [1.807, 2.05) is 0 Å². The lowest BCUT2D eigenvalue weighted by Gasteiger charge is -2.46. The molecule has 2 fully saturated rings. The second-order valence-corrected chi connectivity index (χ2v) is 10.3. The Labute approximate surface area is 193 Å². The Kier molecular flexibility index (Phi) is 10.7. The zero-order valence-corrected chi connectivity index (χ0v) is 20.0. The molecule has 2 aliphatic rings. The molecule has 0 amide bonds. The second kappa shape index (κ2) is 12.7. The molecule has 0 saturated heterocycles. The van der Waals surface area contributed by atoms with E-state index in [0.717, 1.165) is 19.3 Å². The fraction of sp³-hybridized carbons (Fsp3) is 0.846. The molecule has 6 nitrogen and oxygen atoms in total. The number of carbonyl (C=O) groups excluding carboxylic acids is 1. The Balaban J connectivity index is 1.83. The summed E-state index contributed by atoms with van der Waals surface area (Å²) in [6, 6.07) is 0. The number of hydrogen-bond donors (Lipinski definition) is 4. The molecule has 4 atom stereocenters. The number of aliphatic hydroxyl groups excluding tert-OH is 3. The lowest BCUT2D eigenvalue weighted by Crippen LogP contribution is -2.42. The van der Waals surface area contributed by atoms with Gasteiger partial charge in [-0.15, -0.1) is 0 Å². The Morgan fingerprint density at radius 1 is 1.09 bits per heavy atom.